The van der Waals surface area contributed by atoms with E-state index in [1.54, 1.807) is 0 Å². The van der Waals surface area contributed by atoms with Crippen LogP contribution in [0.2, 0.25) is 0 Å². The van der Waals surface area contributed by atoms with Gasteiger partial charge in [-0.2, -0.15) is 0 Å². The highest BCUT2D eigenvalue weighted by Gasteiger charge is 2.20. The lowest BCUT2D eigenvalue weighted by molar-refractivity contribution is 0.0962. The second-order valence-electron chi connectivity index (χ2n) is 8.05. The van der Waals surface area contributed by atoms with Gasteiger partial charge in [0.05, 0.1) is 0 Å². The van der Waals surface area contributed by atoms with Crippen LogP contribution in [-0.2, 0) is 17.6 Å². The second-order valence-corrected chi connectivity index (χ2v) is 8.05. The Bertz CT molecular complexity index is 501. The van der Waals surface area contributed by atoms with Gasteiger partial charge in [-0.3, -0.25) is 0 Å². The van der Waals surface area contributed by atoms with Crippen molar-refractivity contribution in [2.75, 3.05) is 26.4 Å². The molecule has 0 saturated heterocycles. The van der Waals surface area contributed by atoms with Crippen LogP contribution in [0.25, 0.3) is 0 Å². The number of aryl methyl sites for hydroxylation is 1. The summed E-state index contributed by atoms with van der Waals surface area (Å²) in [7, 11) is 0. The molecule has 0 radical (unpaired) electrons. The molecule has 0 saturated carbocycles. The van der Waals surface area contributed by atoms with Gasteiger partial charge in [0.2, 0.25) is 0 Å². The summed E-state index contributed by atoms with van der Waals surface area (Å²) in [5, 5.41) is 8.97. The summed E-state index contributed by atoms with van der Waals surface area (Å²) in [6.45, 7) is 7.16. The molecule has 0 spiro atoms. The number of rotatable bonds is 11. The van der Waals surface area contributed by atoms with Gasteiger partial charge in [0.25, 0.3) is 0 Å². The van der Waals surface area contributed by atoms with Crippen LogP contribution in [0.15, 0.2) is 18.2 Å². The van der Waals surface area contributed by atoms with E-state index in [1.807, 2.05) is 0 Å². The van der Waals surface area contributed by atoms with E-state index < -0.39 is 0 Å². The van der Waals surface area contributed by atoms with Crippen molar-refractivity contribution in [3.05, 3.63) is 34.9 Å². The molecular weight excluding hydrogens is 310 g/mol. The van der Waals surface area contributed by atoms with Gasteiger partial charge < -0.3 is 15.6 Å². The van der Waals surface area contributed by atoms with Gasteiger partial charge in [0, 0.05) is 19.8 Å². The highest BCUT2D eigenvalue weighted by Crippen LogP contribution is 2.31. The zero-order valence-electron chi connectivity index (χ0n) is 16.2. The SMILES string of the molecule is CC(C)COCC[C@H]1CCc2cc([C@H](CN)CCCCO)ccc2C1. The number of unbranched alkanes of at least 4 members (excludes halogenated alkanes) is 1. The molecule has 3 N–H and O–H groups in total. The van der Waals surface area contributed by atoms with Crippen molar-refractivity contribution < 1.29 is 9.84 Å². The average Bonchev–Trinajstić information content (AvgIpc) is 2.62. The number of ether oxygens (including phenoxy) is 1. The fraction of sp³-hybridized carbons (Fsp3) is 0.727. The zero-order chi connectivity index (χ0) is 18.1. The third-order valence-electron chi connectivity index (χ3n) is 5.40. The molecule has 1 aliphatic carbocycles. The van der Waals surface area contributed by atoms with Crippen molar-refractivity contribution in [1.29, 1.82) is 0 Å². The number of aliphatic hydroxyl groups excluding tert-OH is 1. The van der Waals surface area contributed by atoms with Crippen molar-refractivity contribution >= 4 is 0 Å². The molecule has 1 aliphatic rings. The number of benzene rings is 1. The molecule has 3 nitrogen and oxygen atoms in total. The Kier molecular flexibility index (Phi) is 8.94. The van der Waals surface area contributed by atoms with E-state index >= 15 is 0 Å². The Hall–Kier alpha value is -0.900. The van der Waals surface area contributed by atoms with Gasteiger partial charge in [-0.05, 0) is 79.5 Å². The molecule has 2 rings (SSSR count). The lowest BCUT2D eigenvalue weighted by Crippen LogP contribution is -2.18. The third kappa shape index (κ3) is 6.73. The van der Waals surface area contributed by atoms with E-state index in [2.05, 4.69) is 32.0 Å². The van der Waals surface area contributed by atoms with Crippen molar-refractivity contribution in [3.8, 4) is 0 Å². The molecule has 0 aromatic heterocycles. The summed E-state index contributed by atoms with van der Waals surface area (Å²) in [6.07, 6.45) is 7.84. The van der Waals surface area contributed by atoms with Crippen LogP contribution in [0.1, 0.15) is 68.6 Å². The minimum absolute atomic E-state index is 0.281. The van der Waals surface area contributed by atoms with Gasteiger partial charge >= 0.3 is 0 Å². The Balaban J connectivity index is 1.87. The van der Waals surface area contributed by atoms with Crippen LogP contribution in [0.5, 0.6) is 0 Å². The molecule has 1 aromatic rings. The summed E-state index contributed by atoms with van der Waals surface area (Å²) in [6, 6.07) is 7.02. The van der Waals surface area contributed by atoms with Gasteiger partial charge in [-0.15, -0.1) is 0 Å². The summed E-state index contributed by atoms with van der Waals surface area (Å²) < 4.78 is 5.77. The first-order chi connectivity index (χ1) is 12.1. The van der Waals surface area contributed by atoms with Crippen LogP contribution in [0.3, 0.4) is 0 Å². The Labute approximate surface area is 154 Å². The van der Waals surface area contributed by atoms with Crippen molar-refractivity contribution in [2.24, 2.45) is 17.6 Å². The van der Waals surface area contributed by atoms with Crippen LogP contribution in [0.4, 0.5) is 0 Å². The largest absolute Gasteiger partial charge is 0.396 e. The summed E-state index contributed by atoms with van der Waals surface area (Å²) in [4.78, 5) is 0. The number of hydrogen-bond acceptors (Lipinski definition) is 3. The lowest BCUT2D eigenvalue weighted by atomic mass is 9.80. The molecule has 3 heteroatoms. The molecular formula is C22H37NO2. The van der Waals surface area contributed by atoms with Gasteiger partial charge in [0.1, 0.15) is 0 Å². The molecule has 0 heterocycles. The molecule has 0 fully saturated rings. The summed E-state index contributed by atoms with van der Waals surface area (Å²) in [5.74, 6) is 1.82. The van der Waals surface area contributed by atoms with Crippen LogP contribution in [0, 0.1) is 11.8 Å². The molecule has 0 aliphatic heterocycles. The predicted molar refractivity (Wildman–Crippen MR) is 105 cm³/mol. The van der Waals surface area contributed by atoms with E-state index in [9.17, 15) is 0 Å². The first-order valence-corrected chi connectivity index (χ1v) is 10.1. The highest BCUT2D eigenvalue weighted by molar-refractivity contribution is 5.36. The van der Waals surface area contributed by atoms with Crippen molar-refractivity contribution in [3.63, 3.8) is 0 Å². The zero-order valence-corrected chi connectivity index (χ0v) is 16.2. The topological polar surface area (TPSA) is 55.5 Å². The minimum atomic E-state index is 0.281. The maximum absolute atomic E-state index is 8.97. The van der Waals surface area contributed by atoms with Gasteiger partial charge in [0.15, 0.2) is 0 Å². The molecule has 25 heavy (non-hydrogen) atoms. The fourth-order valence-corrected chi connectivity index (χ4v) is 3.84. The normalized spacial score (nSPS) is 18.4. The minimum Gasteiger partial charge on any atom is -0.396 e. The predicted octanol–water partition coefficient (Wildman–Crippen LogP) is 4.06. The monoisotopic (exact) mass is 347 g/mol. The Morgan fingerprint density at radius 2 is 2.08 bits per heavy atom. The van der Waals surface area contributed by atoms with E-state index in [0.717, 1.165) is 38.4 Å². The summed E-state index contributed by atoms with van der Waals surface area (Å²) in [5.41, 5.74) is 10.4. The number of aliphatic hydroxyl groups is 1. The van der Waals surface area contributed by atoms with E-state index in [0.29, 0.717) is 18.4 Å². The Morgan fingerprint density at radius 3 is 2.80 bits per heavy atom. The maximum atomic E-state index is 8.97. The highest BCUT2D eigenvalue weighted by atomic mass is 16.5. The number of nitrogens with two attached hydrogens (primary N) is 1. The quantitative estimate of drug-likeness (QED) is 0.594. The fourth-order valence-electron chi connectivity index (χ4n) is 3.84. The first-order valence-electron chi connectivity index (χ1n) is 10.1. The lowest BCUT2D eigenvalue weighted by Gasteiger charge is -2.26. The molecule has 0 unspecified atom stereocenters. The number of fused-ring (bicyclic) bond motifs is 1. The van der Waals surface area contributed by atoms with Crippen molar-refractivity contribution in [1.82, 2.24) is 0 Å². The smallest absolute Gasteiger partial charge is 0.0488 e. The van der Waals surface area contributed by atoms with Crippen LogP contribution >= 0.6 is 0 Å². The van der Waals surface area contributed by atoms with Crippen LogP contribution < -0.4 is 5.73 Å². The second kappa shape index (κ2) is 10.9. The molecule has 2 atom stereocenters. The molecule has 0 bridgehead atoms. The van der Waals surface area contributed by atoms with E-state index in [-0.39, 0.29) is 6.61 Å². The maximum Gasteiger partial charge on any atom is 0.0488 e. The summed E-state index contributed by atoms with van der Waals surface area (Å²) >= 11 is 0. The third-order valence-corrected chi connectivity index (χ3v) is 5.40. The van der Waals surface area contributed by atoms with E-state index in [4.69, 9.17) is 15.6 Å². The molecule has 142 valence electrons. The van der Waals surface area contributed by atoms with Gasteiger partial charge in [-0.25, -0.2) is 0 Å². The molecule has 0 amide bonds. The number of hydrogen-bond donors (Lipinski definition) is 2. The molecule has 1 aromatic carbocycles. The Morgan fingerprint density at radius 1 is 1.24 bits per heavy atom. The van der Waals surface area contributed by atoms with Gasteiger partial charge in [-0.1, -0.05) is 38.5 Å². The first kappa shape index (κ1) is 20.4. The van der Waals surface area contributed by atoms with E-state index in [1.165, 1.54) is 42.4 Å². The van der Waals surface area contributed by atoms with Crippen LogP contribution in [-0.4, -0.2) is 31.5 Å². The standard InChI is InChI=1S/C22H37NO2/c1-17(2)16-25-12-10-18-6-7-20-14-21(9-8-19(20)13-18)22(15-23)5-3-4-11-24/h8-9,14,17-18,22,24H,3-7,10-13,15-16,23H2,1-2H3/t18-,22+/m1/s1. The average molecular weight is 348 g/mol. The van der Waals surface area contributed by atoms with Crippen molar-refractivity contribution in [2.45, 2.75) is 64.7 Å².